The molecular formula is C21H38N4O5. The van der Waals surface area contributed by atoms with Crippen LogP contribution in [-0.4, -0.2) is 60.1 Å². The second kappa shape index (κ2) is 15.6. The van der Waals surface area contributed by atoms with Crippen molar-refractivity contribution >= 4 is 24.1 Å². The highest BCUT2D eigenvalue weighted by atomic mass is 16.5. The van der Waals surface area contributed by atoms with Gasteiger partial charge in [0.15, 0.2) is 0 Å². The van der Waals surface area contributed by atoms with Gasteiger partial charge in [0, 0.05) is 20.0 Å². The predicted molar refractivity (Wildman–Crippen MR) is 112 cm³/mol. The van der Waals surface area contributed by atoms with E-state index in [0.717, 1.165) is 44.9 Å². The summed E-state index contributed by atoms with van der Waals surface area (Å²) in [6.07, 6.45) is 9.82. The number of amides is 4. The summed E-state index contributed by atoms with van der Waals surface area (Å²) in [6, 6.07) is -0.675. The maximum Gasteiger partial charge on any atom is 0.242 e. The van der Waals surface area contributed by atoms with Crippen LogP contribution >= 0.6 is 0 Å². The van der Waals surface area contributed by atoms with E-state index in [-0.39, 0.29) is 30.7 Å². The molecule has 4 amide bonds. The van der Waals surface area contributed by atoms with Crippen LogP contribution in [0.25, 0.3) is 0 Å². The summed E-state index contributed by atoms with van der Waals surface area (Å²) >= 11 is 0. The zero-order valence-corrected chi connectivity index (χ0v) is 18.2. The van der Waals surface area contributed by atoms with Gasteiger partial charge in [-0.05, 0) is 32.1 Å². The van der Waals surface area contributed by atoms with Gasteiger partial charge in [-0.15, -0.1) is 0 Å². The maximum atomic E-state index is 12.8. The summed E-state index contributed by atoms with van der Waals surface area (Å²) in [7, 11) is 0. The molecule has 0 radical (unpaired) electrons. The SMILES string of the molecule is CC(=O)NCCCC[C@@H]1NC(=O)[C@@H](CN(O)C=O)CCCCCCCCCNC1=O. The number of nitrogens with zero attached hydrogens (tertiary/aromatic N) is 1. The number of unbranched alkanes of at least 4 members (excludes halogenated alkanes) is 1. The van der Waals surface area contributed by atoms with E-state index in [1.807, 2.05) is 0 Å². The second-order valence-corrected chi connectivity index (χ2v) is 8.02. The van der Waals surface area contributed by atoms with Crippen molar-refractivity contribution in [3.8, 4) is 0 Å². The lowest BCUT2D eigenvalue weighted by atomic mass is 9.98. The normalized spacial score (nSPS) is 22.1. The lowest BCUT2D eigenvalue weighted by molar-refractivity contribution is -0.155. The number of rotatable bonds is 8. The Kier molecular flexibility index (Phi) is 13.5. The summed E-state index contributed by atoms with van der Waals surface area (Å²) < 4.78 is 0. The average Bonchev–Trinajstić information content (AvgIpc) is 2.72. The Labute approximate surface area is 179 Å². The first kappa shape index (κ1) is 25.9. The largest absolute Gasteiger partial charge is 0.356 e. The van der Waals surface area contributed by atoms with Crippen molar-refractivity contribution in [2.45, 2.75) is 83.6 Å². The third-order valence-corrected chi connectivity index (χ3v) is 5.36. The van der Waals surface area contributed by atoms with Crippen LogP contribution in [-0.2, 0) is 19.2 Å². The summed E-state index contributed by atoms with van der Waals surface area (Å²) in [6.45, 7) is 2.47. The highest BCUT2D eigenvalue weighted by molar-refractivity contribution is 5.88. The van der Waals surface area contributed by atoms with Gasteiger partial charge in [-0.2, -0.15) is 0 Å². The van der Waals surface area contributed by atoms with Crippen molar-refractivity contribution in [3.63, 3.8) is 0 Å². The number of hydrogen-bond donors (Lipinski definition) is 4. The van der Waals surface area contributed by atoms with Crippen molar-refractivity contribution < 1.29 is 24.4 Å². The van der Waals surface area contributed by atoms with Crippen LogP contribution in [0.4, 0.5) is 0 Å². The highest BCUT2D eigenvalue weighted by Crippen LogP contribution is 2.15. The van der Waals surface area contributed by atoms with Gasteiger partial charge in [-0.25, -0.2) is 5.06 Å². The first-order chi connectivity index (χ1) is 14.4. The number of hydroxylamine groups is 2. The molecule has 1 aliphatic rings. The average molecular weight is 427 g/mol. The van der Waals surface area contributed by atoms with Gasteiger partial charge in [0.2, 0.25) is 24.1 Å². The van der Waals surface area contributed by atoms with E-state index >= 15 is 0 Å². The molecule has 2 atom stereocenters. The standard InChI is InChI=1S/C21H38N4O5/c1-17(27)22-13-10-8-12-19-21(29)23-14-9-6-4-2-3-5-7-11-18(20(28)24-19)15-25(30)16-26/h16,18-19,30H,2-15H2,1H3,(H,22,27)(H,23,29)(H,24,28)/t18-,19+/m1/s1. The van der Waals surface area contributed by atoms with Gasteiger partial charge in [0.1, 0.15) is 6.04 Å². The molecule has 9 heteroatoms. The summed E-state index contributed by atoms with van der Waals surface area (Å²) in [5, 5.41) is 18.5. The van der Waals surface area contributed by atoms with E-state index in [1.54, 1.807) is 0 Å². The van der Waals surface area contributed by atoms with Crippen molar-refractivity contribution in [3.05, 3.63) is 0 Å². The molecule has 0 saturated carbocycles. The van der Waals surface area contributed by atoms with Crippen LogP contribution in [0.15, 0.2) is 0 Å². The molecule has 1 aliphatic heterocycles. The fourth-order valence-corrected chi connectivity index (χ4v) is 3.60. The maximum absolute atomic E-state index is 12.8. The highest BCUT2D eigenvalue weighted by Gasteiger charge is 2.26. The van der Waals surface area contributed by atoms with Gasteiger partial charge in [0.25, 0.3) is 0 Å². The van der Waals surface area contributed by atoms with Crippen LogP contribution in [0.2, 0.25) is 0 Å². The predicted octanol–water partition coefficient (Wildman–Crippen LogP) is 1.49. The Bertz CT molecular complexity index is 543. The van der Waals surface area contributed by atoms with Gasteiger partial charge in [-0.3, -0.25) is 24.4 Å². The quantitative estimate of drug-likeness (QED) is 0.202. The molecule has 172 valence electrons. The molecule has 0 aromatic carbocycles. The first-order valence-electron chi connectivity index (χ1n) is 11.2. The number of hydrogen-bond acceptors (Lipinski definition) is 5. The monoisotopic (exact) mass is 426 g/mol. The van der Waals surface area contributed by atoms with E-state index < -0.39 is 12.0 Å². The Balaban J connectivity index is 2.75. The van der Waals surface area contributed by atoms with Gasteiger partial charge in [-0.1, -0.05) is 38.5 Å². The molecule has 9 nitrogen and oxygen atoms in total. The Hall–Kier alpha value is -2.16. The Morgan fingerprint density at radius 3 is 2.43 bits per heavy atom. The van der Waals surface area contributed by atoms with Crippen LogP contribution in [0.5, 0.6) is 0 Å². The number of nitrogens with one attached hydrogen (secondary N) is 3. The zero-order chi connectivity index (χ0) is 22.2. The van der Waals surface area contributed by atoms with Crippen LogP contribution < -0.4 is 16.0 Å². The third kappa shape index (κ3) is 11.7. The van der Waals surface area contributed by atoms with Crippen LogP contribution in [0, 0.1) is 5.92 Å². The number of carbonyl (C=O) groups is 4. The van der Waals surface area contributed by atoms with Gasteiger partial charge >= 0.3 is 0 Å². The lowest BCUT2D eigenvalue weighted by Gasteiger charge is -2.24. The molecule has 0 unspecified atom stereocenters. The van der Waals surface area contributed by atoms with Crippen molar-refractivity contribution in [2.75, 3.05) is 19.6 Å². The summed E-state index contributed by atoms with van der Waals surface area (Å²) in [5.41, 5.74) is 0. The molecule has 1 fully saturated rings. The molecule has 1 heterocycles. The first-order valence-corrected chi connectivity index (χ1v) is 11.2. The molecule has 0 bridgehead atoms. The Morgan fingerprint density at radius 1 is 1.10 bits per heavy atom. The van der Waals surface area contributed by atoms with E-state index in [9.17, 15) is 24.4 Å². The molecule has 4 N–H and O–H groups in total. The fraction of sp³-hybridized carbons (Fsp3) is 0.810. The smallest absolute Gasteiger partial charge is 0.242 e. The summed E-state index contributed by atoms with van der Waals surface area (Å²) in [4.78, 5) is 47.2. The molecule has 0 aromatic heterocycles. The number of carbonyl (C=O) groups excluding carboxylic acids is 4. The van der Waals surface area contributed by atoms with E-state index in [1.165, 1.54) is 6.92 Å². The minimum Gasteiger partial charge on any atom is -0.356 e. The van der Waals surface area contributed by atoms with E-state index in [4.69, 9.17) is 0 Å². The second-order valence-electron chi connectivity index (χ2n) is 8.02. The zero-order valence-electron chi connectivity index (χ0n) is 18.2. The minimum absolute atomic E-state index is 0.0911. The molecule has 0 aromatic rings. The third-order valence-electron chi connectivity index (χ3n) is 5.36. The van der Waals surface area contributed by atoms with Crippen LogP contribution in [0.3, 0.4) is 0 Å². The molecule has 30 heavy (non-hydrogen) atoms. The van der Waals surface area contributed by atoms with Gasteiger partial charge in [0.05, 0.1) is 12.5 Å². The molecule has 0 spiro atoms. The minimum atomic E-state index is -0.675. The van der Waals surface area contributed by atoms with Crippen molar-refractivity contribution in [1.82, 2.24) is 21.0 Å². The molecule has 1 saturated heterocycles. The lowest BCUT2D eigenvalue weighted by Crippen LogP contribution is -2.50. The van der Waals surface area contributed by atoms with Crippen LogP contribution in [0.1, 0.15) is 77.6 Å². The fourth-order valence-electron chi connectivity index (χ4n) is 3.60. The molecule has 0 aliphatic carbocycles. The van der Waals surface area contributed by atoms with E-state index in [2.05, 4.69) is 16.0 Å². The Morgan fingerprint density at radius 2 is 1.77 bits per heavy atom. The molecule has 1 rings (SSSR count). The topological polar surface area (TPSA) is 128 Å². The van der Waals surface area contributed by atoms with Crippen molar-refractivity contribution in [2.24, 2.45) is 5.92 Å². The van der Waals surface area contributed by atoms with Gasteiger partial charge < -0.3 is 16.0 Å². The van der Waals surface area contributed by atoms with E-state index in [0.29, 0.717) is 43.8 Å². The summed E-state index contributed by atoms with van der Waals surface area (Å²) in [5.74, 6) is -1.21. The van der Waals surface area contributed by atoms with Crippen molar-refractivity contribution in [1.29, 1.82) is 0 Å². The molecular weight excluding hydrogens is 388 g/mol.